The van der Waals surface area contributed by atoms with E-state index in [9.17, 15) is 4.79 Å². The van der Waals surface area contributed by atoms with E-state index in [2.05, 4.69) is 0 Å². The molecule has 1 aromatic carbocycles. The van der Waals surface area contributed by atoms with Crippen molar-refractivity contribution in [2.75, 3.05) is 20.3 Å². The first-order valence-corrected chi connectivity index (χ1v) is 9.35. The molecule has 24 heavy (non-hydrogen) atoms. The maximum atomic E-state index is 12.8. The molecule has 1 atom stereocenters. The van der Waals surface area contributed by atoms with Gasteiger partial charge in [0, 0.05) is 25.3 Å². The molecule has 1 saturated carbocycles. The molecule has 1 heterocycles. The van der Waals surface area contributed by atoms with Crippen molar-refractivity contribution < 1.29 is 14.3 Å². The minimum absolute atomic E-state index is 0.101. The molecular formula is C20H29NO3. The summed E-state index contributed by atoms with van der Waals surface area (Å²) in [6.07, 6.45) is 9.66. The molecule has 1 aliphatic carbocycles. The summed E-state index contributed by atoms with van der Waals surface area (Å²) in [6.45, 7) is 1.40. The number of rotatable bonds is 5. The van der Waals surface area contributed by atoms with Gasteiger partial charge < -0.3 is 14.4 Å². The zero-order chi connectivity index (χ0) is 16.8. The van der Waals surface area contributed by atoms with Crippen molar-refractivity contribution in [2.24, 2.45) is 0 Å². The maximum absolute atomic E-state index is 12.8. The van der Waals surface area contributed by atoms with Crippen LogP contribution in [-0.4, -0.2) is 43.2 Å². The Morgan fingerprint density at radius 1 is 1.17 bits per heavy atom. The molecule has 4 nitrogen and oxygen atoms in total. The standard InChI is InChI=1S/C20H29NO3/c1-21(17-9-4-2-3-5-10-17)20(22)16-8-6-11-18(14-16)24-15-19-12-7-13-23-19/h6,8,11,14,17,19H,2-5,7,9-10,12-13,15H2,1H3. The van der Waals surface area contributed by atoms with Crippen LogP contribution in [0.4, 0.5) is 0 Å². The predicted molar refractivity (Wildman–Crippen MR) is 94.5 cm³/mol. The van der Waals surface area contributed by atoms with Crippen molar-refractivity contribution in [1.82, 2.24) is 4.90 Å². The molecular weight excluding hydrogens is 302 g/mol. The molecule has 3 rings (SSSR count). The van der Waals surface area contributed by atoms with Gasteiger partial charge in [0.15, 0.2) is 0 Å². The topological polar surface area (TPSA) is 38.8 Å². The van der Waals surface area contributed by atoms with Gasteiger partial charge in [0.2, 0.25) is 0 Å². The molecule has 0 radical (unpaired) electrons. The monoisotopic (exact) mass is 331 g/mol. The fourth-order valence-electron chi connectivity index (χ4n) is 3.70. The van der Waals surface area contributed by atoms with Crippen molar-refractivity contribution in [3.05, 3.63) is 29.8 Å². The second kappa shape index (κ2) is 8.52. The van der Waals surface area contributed by atoms with Crippen LogP contribution < -0.4 is 4.74 Å². The molecule has 1 aliphatic heterocycles. The summed E-state index contributed by atoms with van der Waals surface area (Å²) < 4.78 is 11.4. The Morgan fingerprint density at radius 3 is 2.67 bits per heavy atom. The zero-order valence-corrected chi connectivity index (χ0v) is 14.7. The highest BCUT2D eigenvalue weighted by molar-refractivity contribution is 5.94. The molecule has 1 saturated heterocycles. The second-order valence-electron chi connectivity index (χ2n) is 7.04. The molecule has 1 aromatic rings. The van der Waals surface area contributed by atoms with Crippen molar-refractivity contribution >= 4 is 5.91 Å². The SMILES string of the molecule is CN(C(=O)c1cccc(OCC2CCCO2)c1)C1CCCCCC1. The van der Waals surface area contributed by atoms with Crippen LogP contribution in [-0.2, 0) is 4.74 Å². The number of benzene rings is 1. The van der Waals surface area contributed by atoms with Gasteiger partial charge in [-0.3, -0.25) is 4.79 Å². The number of amides is 1. The Hall–Kier alpha value is -1.55. The van der Waals surface area contributed by atoms with Gasteiger partial charge in [-0.1, -0.05) is 31.7 Å². The number of hydrogen-bond donors (Lipinski definition) is 0. The van der Waals surface area contributed by atoms with Gasteiger partial charge in [-0.05, 0) is 43.9 Å². The predicted octanol–water partition coefficient (Wildman–Crippen LogP) is 4.04. The lowest BCUT2D eigenvalue weighted by Gasteiger charge is -2.27. The summed E-state index contributed by atoms with van der Waals surface area (Å²) in [6, 6.07) is 7.94. The van der Waals surface area contributed by atoms with Crippen molar-refractivity contribution in [1.29, 1.82) is 0 Å². The van der Waals surface area contributed by atoms with Gasteiger partial charge in [-0.25, -0.2) is 0 Å². The lowest BCUT2D eigenvalue weighted by Crippen LogP contribution is -2.36. The molecule has 0 aromatic heterocycles. The third kappa shape index (κ3) is 4.50. The van der Waals surface area contributed by atoms with Gasteiger partial charge in [0.25, 0.3) is 5.91 Å². The van der Waals surface area contributed by atoms with Gasteiger partial charge in [0.05, 0.1) is 6.10 Å². The van der Waals surface area contributed by atoms with E-state index in [1.54, 1.807) is 0 Å². The van der Waals surface area contributed by atoms with Crippen molar-refractivity contribution in [3.63, 3.8) is 0 Å². The summed E-state index contributed by atoms with van der Waals surface area (Å²) in [5.74, 6) is 0.857. The minimum Gasteiger partial charge on any atom is -0.491 e. The van der Waals surface area contributed by atoms with Crippen LogP contribution in [0.25, 0.3) is 0 Å². The molecule has 2 fully saturated rings. The number of carbonyl (C=O) groups is 1. The van der Waals surface area contributed by atoms with Crippen LogP contribution in [0.5, 0.6) is 5.75 Å². The van der Waals surface area contributed by atoms with Crippen LogP contribution in [0.1, 0.15) is 61.7 Å². The van der Waals surface area contributed by atoms with E-state index in [-0.39, 0.29) is 12.0 Å². The van der Waals surface area contributed by atoms with E-state index >= 15 is 0 Å². The van der Waals surface area contributed by atoms with E-state index in [1.165, 1.54) is 25.7 Å². The van der Waals surface area contributed by atoms with Crippen molar-refractivity contribution in [2.45, 2.75) is 63.5 Å². The summed E-state index contributed by atoms with van der Waals surface area (Å²) in [5, 5.41) is 0. The summed E-state index contributed by atoms with van der Waals surface area (Å²) >= 11 is 0. The maximum Gasteiger partial charge on any atom is 0.253 e. The van der Waals surface area contributed by atoms with E-state index in [0.29, 0.717) is 18.2 Å². The van der Waals surface area contributed by atoms with Crippen LogP contribution >= 0.6 is 0 Å². The Labute approximate surface area is 145 Å². The van der Waals surface area contributed by atoms with E-state index in [1.807, 2.05) is 36.2 Å². The molecule has 1 amide bonds. The van der Waals surface area contributed by atoms with Gasteiger partial charge in [-0.15, -0.1) is 0 Å². The smallest absolute Gasteiger partial charge is 0.253 e. The fourth-order valence-corrected chi connectivity index (χ4v) is 3.70. The molecule has 1 unspecified atom stereocenters. The van der Waals surface area contributed by atoms with E-state index in [4.69, 9.17) is 9.47 Å². The molecule has 0 spiro atoms. The average Bonchev–Trinajstić information content (AvgIpc) is 2.99. The number of hydrogen-bond acceptors (Lipinski definition) is 3. The third-order valence-corrected chi connectivity index (χ3v) is 5.23. The highest BCUT2D eigenvalue weighted by Crippen LogP contribution is 2.23. The molecule has 4 heteroatoms. The first-order chi connectivity index (χ1) is 11.7. The number of nitrogens with zero attached hydrogens (tertiary/aromatic N) is 1. The van der Waals surface area contributed by atoms with Crippen molar-refractivity contribution in [3.8, 4) is 5.75 Å². The summed E-state index contributed by atoms with van der Waals surface area (Å²) in [4.78, 5) is 14.7. The van der Waals surface area contributed by atoms with Gasteiger partial charge in [0.1, 0.15) is 12.4 Å². The first kappa shape index (κ1) is 17.3. The Bertz CT molecular complexity index is 531. The highest BCUT2D eigenvalue weighted by Gasteiger charge is 2.22. The van der Waals surface area contributed by atoms with E-state index < -0.39 is 0 Å². The quantitative estimate of drug-likeness (QED) is 0.764. The number of carbonyl (C=O) groups excluding carboxylic acids is 1. The largest absolute Gasteiger partial charge is 0.491 e. The van der Waals surface area contributed by atoms with E-state index in [0.717, 1.165) is 38.0 Å². The molecule has 0 N–H and O–H groups in total. The first-order valence-electron chi connectivity index (χ1n) is 9.35. The lowest BCUT2D eigenvalue weighted by atomic mass is 10.1. The average molecular weight is 331 g/mol. The third-order valence-electron chi connectivity index (χ3n) is 5.23. The molecule has 0 bridgehead atoms. The summed E-state index contributed by atoms with van der Waals surface area (Å²) in [5.41, 5.74) is 0.714. The Morgan fingerprint density at radius 2 is 1.96 bits per heavy atom. The second-order valence-corrected chi connectivity index (χ2v) is 7.04. The Balaban J connectivity index is 1.60. The number of ether oxygens (including phenoxy) is 2. The van der Waals surface area contributed by atoms with Crippen LogP contribution in [0, 0.1) is 0 Å². The fraction of sp³-hybridized carbons (Fsp3) is 0.650. The zero-order valence-electron chi connectivity index (χ0n) is 14.7. The van der Waals surface area contributed by atoms with Crippen LogP contribution in [0.3, 0.4) is 0 Å². The van der Waals surface area contributed by atoms with Gasteiger partial charge in [-0.2, -0.15) is 0 Å². The minimum atomic E-state index is 0.101. The normalized spacial score (nSPS) is 22.1. The van der Waals surface area contributed by atoms with Gasteiger partial charge >= 0.3 is 0 Å². The highest BCUT2D eigenvalue weighted by atomic mass is 16.5. The lowest BCUT2D eigenvalue weighted by molar-refractivity contribution is 0.0675. The molecule has 2 aliphatic rings. The Kier molecular flexibility index (Phi) is 6.13. The summed E-state index contributed by atoms with van der Waals surface area (Å²) in [7, 11) is 1.94. The van der Waals surface area contributed by atoms with Crippen LogP contribution in [0.15, 0.2) is 24.3 Å². The van der Waals surface area contributed by atoms with Crippen LogP contribution in [0.2, 0.25) is 0 Å². The molecule has 132 valence electrons.